The molecule has 1 aromatic carbocycles. The van der Waals surface area contributed by atoms with E-state index in [0.717, 1.165) is 10.6 Å². The third-order valence-electron chi connectivity index (χ3n) is 7.68. The van der Waals surface area contributed by atoms with Crippen LogP contribution in [-0.2, 0) is 22.9 Å². The van der Waals surface area contributed by atoms with Crippen LogP contribution >= 0.6 is 16.1 Å². The van der Waals surface area contributed by atoms with E-state index in [1.165, 1.54) is 44.4 Å². The number of nitrogens with zero attached hydrogens (tertiary/aromatic N) is 4. The first-order valence-electron chi connectivity index (χ1n) is 14.7. The quantitative estimate of drug-likeness (QED) is 0.195. The molecule has 15 heteroatoms. The Balaban J connectivity index is 2.14. The predicted molar refractivity (Wildman–Crippen MR) is 174 cm³/mol. The maximum atomic E-state index is 13.8. The molecule has 0 amide bonds. The van der Waals surface area contributed by atoms with Gasteiger partial charge in [-0.1, -0.05) is 24.3 Å². The normalized spacial score (nSPS) is 21.1. The molecule has 5 atom stereocenters. The summed E-state index contributed by atoms with van der Waals surface area (Å²) in [7, 11) is -3.51. The van der Waals surface area contributed by atoms with Crippen molar-refractivity contribution in [2.24, 2.45) is 5.92 Å². The monoisotopic (exact) mass is 676 g/mol. The molecule has 1 N–H and O–H groups in total. The number of ether oxygens (including phenoxy) is 1. The molecule has 1 aliphatic heterocycles. The van der Waals surface area contributed by atoms with Gasteiger partial charge in [0.15, 0.2) is 0 Å². The Hall–Kier alpha value is -3.04. The van der Waals surface area contributed by atoms with Gasteiger partial charge in [0.1, 0.15) is 18.4 Å². The summed E-state index contributed by atoms with van der Waals surface area (Å²) in [5.41, 5.74) is -2.24. The molecule has 1 unspecified atom stereocenters. The summed E-state index contributed by atoms with van der Waals surface area (Å²) >= 11 is 0. The van der Waals surface area contributed by atoms with Gasteiger partial charge < -0.3 is 23.2 Å². The highest BCUT2D eigenvalue weighted by molar-refractivity contribution is 7.57. The molecule has 1 fully saturated rings. The number of hydrogen-bond donors (Lipinski definition) is 1. The van der Waals surface area contributed by atoms with Crippen LogP contribution in [0.4, 0.5) is 0 Å². The van der Waals surface area contributed by atoms with Gasteiger partial charge in [-0.15, -0.1) is 6.58 Å². The molecule has 13 nitrogen and oxygen atoms in total. The first-order chi connectivity index (χ1) is 21.7. The van der Waals surface area contributed by atoms with Crippen LogP contribution in [0, 0.1) is 17.2 Å². The van der Waals surface area contributed by atoms with Crippen molar-refractivity contribution in [1.82, 2.24) is 13.8 Å². The molecule has 0 bridgehead atoms. The van der Waals surface area contributed by atoms with Crippen LogP contribution < -0.4 is 11.2 Å². The molecular weight excluding hydrogens is 634 g/mol. The standard InChI is InChI=1S/C31H42N4O9P2/c1-8-13-24-27(44-45(39)35(22(2)3)31(4,5)18-12-19-32)25(17-21-46(40,41-6)42-7)43-29(24)33-20-16-26(36)34(30(33)38)28(37)23-14-10-9-11-15-23/h8-11,14-17,20-22,24-25,27,29,39H,1,12-13,18H2,2-7H3/b21-17+/t24-,25-,27+,29-,45?/m1/s1. The van der Waals surface area contributed by atoms with Crippen molar-refractivity contribution in [3.05, 3.63) is 93.5 Å². The number of rotatable bonds is 15. The average molecular weight is 677 g/mol. The van der Waals surface area contributed by atoms with Crippen molar-refractivity contribution in [3.8, 4) is 6.07 Å². The van der Waals surface area contributed by atoms with Crippen LogP contribution in [0.2, 0.25) is 0 Å². The van der Waals surface area contributed by atoms with E-state index >= 15 is 0 Å². The summed E-state index contributed by atoms with van der Waals surface area (Å²) in [4.78, 5) is 51.5. The number of benzene rings is 1. The Morgan fingerprint density at radius 3 is 2.46 bits per heavy atom. The van der Waals surface area contributed by atoms with E-state index < -0.39 is 63.2 Å². The molecular formula is C31H42N4O9P2. The summed E-state index contributed by atoms with van der Waals surface area (Å²) < 4.78 is 39.2. The predicted octanol–water partition coefficient (Wildman–Crippen LogP) is 5.18. The zero-order chi connectivity index (χ0) is 34.2. The minimum atomic E-state index is -3.66. The molecule has 0 spiro atoms. The lowest BCUT2D eigenvalue weighted by Crippen LogP contribution is -2.46. The van der Waals surface area contributed by atoms with Crippen LogP contribution in [0.15, 0.2) is 76.7 Å². The highest BCUT2D eigenvalue weighted by atomic mass is 31.2. The molecule has 1 saturated heterocycles. The second kappa shape index (κ2) is 16.2. The molecule has 1 aliphatic rings. The number of allylic oxidation sites excluding steroid dienone is 1. The number of carbonyl (C=O) groups excluding carboxylic acids is 1. The van der Waals surface area contributed by atoms with Gasteiger partial charge in [-0.3, -0.25) is 18.7 Å². The van der Waals surface area contributed by atoms with E-state index in [9.17, 15) is 29.1 Å². The highest BCUT2D eigenvalue weighted by Crippen LogP contribution is 2.53. The lowest BCUT2D eigenvalue weighted by atomic mass is 9.96. The summed E-state index contributed by atoms with van der Waals surface area (Å²) in [5.74, 6) is -0.277. The van der Waals surface area contributed by atoms with Crippen LogP contribution in [0.1, 0.15) is 63.5 Å². The molecule has 2 heterocycles. The molecule has 3 rings (SSSR count). The van der Waals surface area contributed by atoms with Gasteiger partial charge in [0.05, 0.1) is 6.07 Å². The molecule has 46 heavy (non-hydrogen) atoms. The third kappa shape index (κ3) is 8.45. The van der Waals surface area contributed by atoms with E-state index in [0.29, 0.717) is 11.0 Å². The van der Waals surface area contributed by atoms with Crippen molar-refractivity contribution >= 4 is 22.0 Å². The van der Waals surface area contributed by atoms with Crippen molar-refractivity contribution in [3.63, 3.8) is 0 Å². The third-order valence-corrected chi connectivity index (χ3v) is 11.0. The fourth-order valence-corrected chi connectivity index (χ4v) is 7.81. The zero-order valence-electron chi connectivity index (χ0n) is 26.9. The number of aromatic nitrogens is 2. The number of hydrogen-bond acceptors (Lipinski definition) is 11. The van der Waals surface area contributed by atoms with Crippen molar-refractivity contribution in [2.45, 2.75) is 77.0 Å². The van der Waals surface area contributed by atoms with Gasteiger partial charge in [0.2, 0.25) is 0 Å². The minimum absolute atomic E-state index is 0.144. The first kappa shape index (κ1) is 37.4. The Kier molecular flexibility index (Phi) is 13.2. The SMILES string of the molecule is C=CC[C@@H]1[C@H](OP(O)N(C(C)C)C(C)(C)CCC#N)[C@@H](/C=C/P(=O)(OC)OC)O[C@H]1n1ccc(=O)n(C(=O)c2ccccc2)c1=O. The molecule has 2 aromatic rings. The average Bonchev–Trinajstić information content (AvgIpc) is 3.35. The highest BCUT2D eigenvalue weighted by Gasteiger charge is 2.48. The molecule has 0 aliphatic carbocycles. The van der Waals surface area contributed by atoms with Gasteiger partial charge in [-0.05, 0) is 58.7 Å². The van der Waals surface area contributed by atoms with E-state index in [1.807, 2.05) is 27.7 Å². The Labute approximate surface area is 270 Å². The first-order valence-corrected chi connectivity index (χ1v) is 17.5. The maximum Gasteiger partial charge on any atom is 0.353 e. The van der Waals surface area contributed by atoms with E-state index in [4.69, 9.17) is 18.3 Å². The topological polar surface area (TPSA) is 162 Å². The second-order valence-corrected chi connectivity index (χ2v) is 14.8. The minimum Gasteiger partial charge on any atom is -0.347 e. The summed E-state index contributed by atoms with van der Waals surface area (Å²) in [6.07, 6.45) is 2.18. The largest absolute Gasteiger partial charge is 0.353 e. The summed E-state index contributed by atoms with van der Waals surface area (Å²) in [5, 5.41) is 9.20. The number of nitriles is 1. The molecule has 1 aromatic heterocycles. The molecule has 0 radical (unpaired) electrons. The van der Waals surface area contributed by atoms with Crippen LogP contribution in [0.3, 0.4) is 0 Å². The van der Waals surface area contributed by atoms with Gasteiger partial charge in [-0.25, -0.2) is 9.46 Å². The fourth-order valence-electron chi connectivity index (χ4n) is 5.49. The zero-order valence-corrected chi connectivity index (χ0v) is 28.7. The maximum absolute atomic E-state index is 13.8. The summed E-state index contributed by atoms with van der Waals surface area (Å²) in [6, 6.07) is 11.0. The lowest BCUT2D eigenvalue weighted by molar-refractivity contribution is -0.00231. The lowest BCUT2D eigenvalue weighted by Gasteiger charge is -2.43. The van der Waals surface area contributed by atoms with Gasteiger partial charge in [0.25, 0.3) is 20.0 Å². The number of carbonyl (C=O) groups is 1. The van der Waals surface area contributed by atoms with Crippen LogP contribution in [0.25, 0.3) is 0 Å². The fraction of sp³-hybridized carbons (Fsp3) is 0.484. The Bertz CT molecular complexity index is 1590. The van der Waals surface area contributed by atoms with E-state index in [2.05, 4.69) is 12.6 Å². The van der Waals surface area contributed by atoms with Gasteiger partial charge in [-0.2, -0.15) is 9.83 Å². The molecule has 250 valence electrons. The van der Waals surface area contributed by atoms with Crippen LogP contribution in [0.5, 0.6) is 0 Å². The van der Waals surface area contributed by atoms with Gasteiger partial charge >= 0.3 is 13.3 Å². The van der Waals surface area contributed by atoms with Crippen molar-refractivity contribution in [2.75, 3.05) is 14.2 Å². The molecule has 0 saturated carbocycles. The van der Waals surface area contributed by atoms with Crippen molar-refractivity contribution < 1.29 is 32.6 Å². The van der Waals surface area contributed by atoms with Crippen LogP contribution in [-0.4, -0.2) is 62.6 Å². The second-order valence-electron chi connectivity index (χ2n) is 11.5. The summed E-state index contributed by atoms with van der Waals surface area (Å²) in [6.45, 7) is 11.5. The van der Waals surface area contributed by atoms with E-state index in [1.54, 1.807) is 28.9 Å². The Morgan fingerprint density at radius 1 is 1.24 bits per heavy atom. The Morgan fingerprint density at radius 2 is 1.89 bits per heavy atom. The smallest absolute Gasteiger partial charge is 0.347 e. The van der Waals surface area contributed by atoms with E-state index in [-0.39, 0.29) is 24.4 Å². The van der Waals surface area contributed by atoms with Crippen molar-refractivity contribution in [1.29, 1.82) is 5.26 Å². The van der Waals surface area contributed by atoms with Gasteiger partial charge in [0, 0.05) is 61.8 Å².